The zero-order chi connectivity index (χ0) is 19.9. The largest absolute Gasteiger partial charge is 0.493 e. The number of nitrogens with zero attached hydrogens (tertiary/aromatic N) is 2. The zero-order valence-electron chi connectivity index (χ0n) is 16.4. The number of rotatable bonds is 8. The first-order valence-corrected chi connectivity index (χ1v) is 10.9. The molecule has 1 aliphatic heterocycles. The molecule has 8 nitrogen and oxygen atoms in total. The Morgan fingerprint density at radius 3 is 2.44 bits per heavy atom. The first-order chi connectivity index (χ1) is 12.9. The summed E-state index contributed by atoms with van der Waals surface area (Å²) in [5, 5.41) is 3.26. The summed E-state index contributed by atoms with van der Waals surface area (Å²) in [6.07, 6.45) is 2.09. The lowest BCUT2D eigenvalue weighted by Gasteiger charge is -2.32. The van der Waals surface area contributed by atoms with Crippen LogP contribution in [0.25, 0.3) is 0 Å². The molecule has 0 aromatic heterocycles. The van der Waals surface area contributed by atoms with E-state index in [0.717, 1.165) is 37.0 Å². The van der Waals surface area contributed by atoms with Crippen LogP contribution in [0, 0.1) is 0 Å². The standard InChI is InChI=1S/C18H29N3O5S/c1-19-18(20-6-8-26-9-10-27(4,22)23)21-7-5-14-11-16(24-2)17(25-3)12-15(14)13-21/h11-12H,5-10,13H2,1-4H3,(H,19,20). The van der Waals surface area contributed by atoms with Gasteiger partial charge in [0.05, 0.1) is 33.2 Å². The topological polar surface area (TPSA) is 89.5 Å². The van der Waals surface area contributed by atoms with Gasteiger partial charge in [0.15, 0.2) is 17.5 Å². The van der Waals surface area contributed by atoms with Crippen molar-refractivity contribution in [1.29, 1.82) is 0 Å². The third-order valence-corrected chi connectivity index (χ3v) is 5.27. The summed E-state index contributed by atoms with van der Waals surface area (Å²) in [6.45, 7) is 2.76. The fourth-order valence-corrected chi connectivity index (χ4v) is 3.36. The monoisotopic (exact) mass is 399 g/mol. The summed E-state index contributed by atoms with van der Waals surface area (Å²) in [5.41, 5.74) is 2.44. The van der Waals surface area contributed by atoms with E-state index in [0.29, 0.717) is 13.2 Å². The Bertz CT molecular complexity index is 765. The molecule has 1 heterocycles. The molecule has 27 heavy (non-hydrogen) atoms. The van der Waals surface area contributed by atoms with E-state index in [4.69, 9.17) is 14.2 Å². The Labute approximate surface area is 161 Å². The van der Waals surface area contributed by atoms with E-state index in [2.05, 4.69) is 15.2 Å². The first-order valence-electron chi connectivity index (χ1n) is 8.82. The molecule has 1 aliphatic rings. The molecule has 1 aromatic carbocycles. The Morgan fingerprint density at radius 2 is 1.85 bits per heavy atom. The van der Waals surface area contributed by atoms with Gasteiger partial charge < -0.3 is 24.4 Å². The SMILES string of the molecule is CN=C(NCCOCCS(C)(=O)=O)N1CCc2cc(OC)c(OC)cc2C1. The summed E-state index contributed by atoms with van der Waals surface area (Å²) in [5.74, 6) is 2.30. The van der Waals surface area contributed by atoms with Crippen LogP contribution in [0.5, 0.6) is 11.5 Å². The van der Waals surface area contributed by atoms with Gasteiger partial charge in [-0.15, -0.1) is 0 Å². The molecule has 0 radical (unpaired) electrons. The average molecular weight is 400 g/mol. The average Bonchev–Trinajstić information content (AvgIpc) is 2.65. The van der Waals surface area contributed by atoms with Crippen LogP contribution in [0.3, 0.4) is 0 Å². The van der Waals surface area contributed by atoms with Crippen LogP contribution >= 0.6 is 0 Å². The van der Waals surface area contributed by atoms with E-state index >= 15 is 0 Å². The highest BCUT2D eigenvalue weighted by atomic mass is 32.2. The van der Waals surface area contributed by atoms with Crippen molar-refractivity contribution in [2.75, 3.05) is 59.6 Å². The van der Waals surface area contributed by atoms with Gasteiger partial charge >= 0.3 is 0 Å². The van der Waals surface area contributed by atoms with Crippen LogP contribution in [0.2, 0.25) is 0 Å². The van der Waals surface area contributed by atoms with Crippen LogP contribution in [0.4, 0.5) is 0 Å². The van der Waals surface area contributed by atoms with Gasteiger partial charge in [-0.2, -0.15) is 0 Å². The summed E-state index contributed by atoms with van der Waals surface area (Å²) < 4.78 is 38.3. The van der Waals surface area contributed by atoms with Crippen molar-refractivity contribution < 1.29 is 22.6 Å². The number of nitrogens with one attached hydrogen (secondary N) is 1. The third kappa shape index (κ3) is 6.28. The van der Waals surface area contributed by atoms with Crippen molar-refractivity contribution in [3.05, 3.63) is 23.3 Å². The van der Waals surface area contributed by atoms with Crippen molar-refractivity contribution in [3.8, 4) is 11.5 Å². The number of aliphatic imine (C=N–C) groups is 1. The molecule has 0 saturated heterocycles. The van der Waals surface area contributed by atoms with Gasteiger partial charge in [0.25, 0.3) is 0 Å². The minimum atomic E-state index is -2.99. The lowest BCUT2D eigenvalue weighted by Crippen LogP contribution is -2.45. The van der Waals surface area contributed by atoms with E-state index in [1.54, 1.807) is 21.3 Å². The highest BCUT2D eigenvalue weighted by Gasteiger charge is 2.21. The second kappa shape index (κ2) is 9.80. The number of sulfone groups is 1. The summed E-state index contributed by atoms with van der Waals surface area (Å²) in [4.78, 5) is 6.51. The highest BCUT2D eigenvalue weighted by Crippen LogP contribution is 2.33. The molecule has 152 valence electrons. The van der Waals surface area contributed by atoms with Gasteiger partial charge in [0, 0.05) is 32.9 Å². The molecule has 0 amide bonds. The molecule has 2 rings (SSSR count). The second-order valence-corrected chi connectivity index (χ2v) is 8.62. The Morgan fingerprint density at radius 1 is 1.19 bits per heavy atom. The quantitative estimate of drug-likeness (QED) is 0.391. The number of fused-ring (bicyclic) bond motifs is 1. The Kier molecular flexibility index (Phi) is 7.73. The predicted molar refractivity (Wildman–Crippen MR) is 106 cm³/mol. The van der Waals surface area contributed by atoms with Crippen LogP contribution in [-0.4, -0.2) is 78.9 Å². The second-order valence-electron chi connectivity index (χ2n) is 6.36. The molecule has 1 N–H and O–H groups in total. The van der Waals surface area contributed by atoms with E-state index in [-0.39, 0.29) is 12.4 Å². The molecule has 0 unspecified atom stereocenters. The summed E-state index contributed by atoms with van der Waals surface area (Å²) >= 11 is 0. The van der Waals surface area contributed by atoms with Crippen molar-refractivity contribution in [1.82, 2.24) is 10.2 Å². The fraction of sp³-hybridized carbons (Fsp3) is 0.611. The normalized spacial score (nSPS) is 14.7. The number of methoxy groups -OCH3 is 2. The third-order valence-electron chi connectivity index (χ3n) is 4.36. The minimum Gasteiger partial charge on any atom is -0.493 e. The van der Waals surface area contributed by atoms with Gasteiger partial charge in [0.2, 0.25) is 0 Å². The highest BCUT2D eigenvalue weighted by molar-refractivity contribution is 7.90. The van der Waals surface area contributed by atoms with Crippen molar-refractivity contribution in [3.63, 3.8) is 0 Å². The predicted octanol–water partition coefficient (Wildman–Crippen LogP) is 0.699. The van der Waals surface area contributed by atoms with E-state index in [9.17, 15) is 8.42 Å². The summed E-state index contributed by atoms with van der Waals surface area (Å²) in [7, 11) is 2.04. The smallest absolute Gasteiger partial charge is 0.194 e. The molecular formula is C18H29N3O5S. The molecule has 0 bridgehead atoms. The van der Waals surface area contributed by atoms with Crippen molar-refractivity contribution >= 4 is 15.8 Å². The Balaban J connectivity index is 1.88. The van der Waals surface area contributed by atoms with E-state index < -0.39 is 9.84 Å². The number of benzene rings is 1. The summed E-state index contributed by atoms with van der Waals surface area (Å²) in [6, 6.07) is 4.05. The molecule has 1 aromatic rings. The fourth-order valence-electron chi connectivity index (χ4n) is 2.94. The number of hydrogen-bond acceptors (Lipinski definition) is 6. The van der Waals surface area contributed by atoms with Crippen LogP contribution in [0.15, 0.2) is 17.1 Å². The van der Waals surface area contributed by atoms with Gasteiger partial charge in [-0.1, -0.05) is 0 Å². The Hall–Kier alpha value is -2.00. The van der Waals surface area contributed by atoms with Crippen molar-refractivity contribution in [2.24, 2.45) is 4.99 Å². The number of ether oxygens (including phenoxy) is 3. The number of guanidine groups is 1. The lowest BCUT2D eigenvalue weighted by molar-refractivity contribution is 0.153. The molecule has 0 atom stereocenters. The first kappa shape index (κ1) is 21.3. The van der Waals surface area contributed by atoms with Gasteiger partial charge in [-0.25, -0.2) is 8.42 Å². The molecule has 0 spiro atoms. The van der Waals surface area contributed by atoms with Crippen molar-refractivity contribution in [2.45, 2.75) is 13.0 Å². The van der Waals surface area contributed by atoms with Crippen LogP contribution < -0.4 is 14.8 Å². The van der Waals surface area contributed by atoms with Gasteiger partial charge in [-0.05, 0) is 29.7 Å². The molecule has 9 heteroatoms. The zero-order valence-corrected chi connectivity index (χ0v) is 17.3. The maximum absolute atomic E-state index is 11.1. The van der Waals surface area contributed by atoms with E-state index in [1.165, 1.54) is 17.4 Å². The van der Waals surface area contributed by atoms with Crippen LogP contribution in [-0.2, 0) is 27.5 Å². The molecule has 0 saturated carbocycles. The molecule has 0 fully saturated rings. The van der Waals surface area contributed by atoms with E-state index in [1.807, 2.05) is 12.1 Å². The van der Waals surface area contributed by atoms with Gasteiger partial charge in [-0.3, -0.25) is 4.99 Å². The maximum Gasteiger partial charge on any atom is 0.194 e. The molecule has 0 aliphatic carbocycles. The minimum absolute atomic E-state index is 0.0376. The maximum atomic E-state index is 11.1. The lowest BCUT2D eigenvalue weighted by atomic mass is 9.99. The molecular weight excluding hydrogens is 370 g/mol. The van der Waals surface area contributed by atoms with Gasteiger partial charge in [0.1, 0.15) is 9.84 Å². The van der Waals surface area contributed by atoms with Crippen LogP contribution in [0.1, 0.15) is 11.1 Å². The number of hydrogen-bond donors (Lipinski definition) is 1.